The summed E-state index contributed by atoms with van der Waals surface area (Å²) in [5, 5.41) is 1.88. The number of hydrogen-bond donors (Lipinski definition) is 1. The lowest BCUT2D eigenvalue weighted by Crippen LogP contribution is -2.51. The fraction of sp³-hybridized carbons (Fsp3) is 0.550. The van der Waals surface area contributed by atoms with Crippen LogP contribution in [0, 0.1) is 12.3 Å². The van der Waals surface area contributed by atoms with Crippen LogP contribution < -0.4 is 10.5 Å². The van der Waals surface area contributed by atoms with Crippen LogP contribution in [0.4, 0.5) is 0 Å². The third kappa shape index (κ3) is 3.26. The molecule has 0 aliphatic heterocycles. The number of nitrogens with two attached hydrogens (primary N) is 1. The van der Waals surface area contributed by atoms with Crippen LogP contribution in [-0.4, -0.2) is 41.0 Å². The number of rotatable bonds is 4. The van der Waals surface area contributed by atoms with E-state index in [1.165, 1.54) is 0 Å². The number of nitrogens with zero attached hydrogens (tertiary/aromatic N) is 3. The molecule has 3 rings (SSSR count). The lowest BCUT2D eigenvalue weighted by atomic mass is 9.67. The van der Waals surface area contributed by atoms with Crippen LogP contribution in [0.1, 0.15) is 44.9 Å². The van der Waals surface area contributed by atoms with Crippen LogP contribution in [-0.2, 0) is 10.3 Å². The minimum Gasteiger partial charge on any atom is -0.474 e. The molecular weight excluding hydrogens is 328 g/mol. The van der Waals surface area contributed by atoms with Crippen LogP contribution in [0.15, 0.2) is 18.5 Å². The quantitative estimate of drug-likeness (QED) is 0.911. The topological polar surface area (TPSA) is 81.3 Å². The van der Waals surface area contributed by atoms with Crippen LogP contribution in [0.2, 0.25) is 0 Å². The van der Waals surface area contributed by atoms with Crippen molar-refractivity contribution in [2.24, 2.45) is 11.1 Å². The average molecular weight is 356 g/mol. The van der Waals surface area contributed by atoms with Gasteiger partial charge >= 0.3 is 0 Å². The Morgan fingerprint density at radius 3 is 2.50 bits per heavy atom. The number of hydrogen-bond acceptors (Lipinski definition) is 5. The van der Waals surface area contributed by atoms with Gasteiger partial charge in [-0.1, -0.05) is 6.92 Å². The summed E-state index contributed by atoms with van der Waals surface area (Å²) in [7, 11) is 3.58. The Bertz CT molecular complexity index is 849. The maximum atomic E-state index is 12.3. The standard InChI is InChI=1S/C20H28N4O2/c1-12-7-14-15(10-22-12)17(23-11-16(14)19(2,3)21)26-13-8-20(4,9-13)18(25)24(5)6/h7,10-11,13H,8-9,21H2,1-6H3. The van der Waals surface area contributed by atoms with Gasteiger partial charge in [0.25, 0.3) is 0 Å². The Balaban J connectivity index is 1.88. The number of pyridine rings is 2. The van der Waals surface area contributed by atoms with Crippen molar-refractivity contribution in [1.29, 1.82) is 0 Å². The first-order valence-corrected chi connectivity index (χ1v) is 8.94. The SMILES string of the molecule is Cc1cc2c(C(C)(C)N)cnc(OC3CC(C)(C(=O)N(C)C)C3)c2cn1. The number of fused-ring (bicyclic) bond motifs is 1. The number of aromatic nitrogens is 2. The molecule has 0 spiro atoms. The second-order valence-corrected chi connectivity index (χ2v) is 8.48. The predicted molar refractivity (Wildman–Crippen MR) is 102 cm³/mol. The molecule has 2 heterocycles. The van der Waals surface area contributed by atoms with Crippen LogP contribution in [0.25, 0.3) is 10.8 Å². The maximum Gasteiger partial charge on any atom is 0.228 e. The summed E-state index contributed by atoms with van der Waals surface area (Å²) in [6, 6.07) is 2.02. The summed E-state index contributed by atoms with van der Waals surface area (Å²) >= 11 is 0. The molecule has 140 valence electrons. The smallest absolute Gasteiger partial charge is 0.228 e. The summed E-state index contributed by atoms with van der Waals surface area (Å²) in [4.78, 5) is 22.8. The molecular formula is C20H28N4O2. The van der Waals surface area contributed by atoms with Gasteiger partial charge in [0, 0.05) is 37.7 Å². The number of carbonyl (C=O) groups excluding carboxylic acids is 1. The van der Waals surface area contributed by atoms with Gasteiger partial charge in [-0.25, -0.2) is 4.98 Å². The summed E-state index contributed by atoms with van der Waals surface area (Å²) in [6.07, 6.45) is 4.95. The average Bonchev–Trinajstić information content (AvgIpc) is 2.50. The highest BCUT2D eigenvalue weighted by molar-refractivity contribution is 5.90. The molecule has 0 saturated heterocycles. The third-order valence-electron chi connectivity index (χ3n) is 5.12. The second-order valence-electron chi connectivity index (χ2n) is 8.48. The summed E-state index contributed by atoms with van der Waals surface area (Å²) in [5.41, 5.74) is 7.35. The predicted octanol–water partition coefficient (Wildman–Crippen LogP) is 2.77. The van der Waals surface area contributed by atoms with E-state index < -0.39 is 5.54 Å². The van der Waals surface area contributed by atoms with E-state index in [0.717, 1.165) is 22.0 Å². The second kappa shape index (κ2) is 6.20. The third-order valence-corrected chi connectivity index (χ3v) is 5.12. The molecule has 6 heteroatoms. The molecule has 1 fully saturated rings. The Morgan fingerprint density at radius 2 is 1.92 bits per heavy atom. The van der Waals surface area contributed by atoms with Gasteiger partial charge in [0.2, 0.25) is 11.8 Å². The van der Waals surface area contributed by atoms with Gasteiger partial charge in [-0.3, -0.25) is 9.78 Å². The molecule has 0 aromatic carbocycles. The number of carbonyl (C=O) groups is 1. The maximum absolute atomic E-state index is 12.3. The van der Waals surface area contributed by atoms with Crippen LogP contribution in [0.3, 0.4) is 0 Å². The number of ether oxygens (including phenoxy) is 1. The zero-order chi connectivity index (χ0) is 19.3. The van der Waals surface area contributed by atoms with Gasteiger partial charge in [0.1, 0.15) is 6.10 Å². The van der Waals surface area contributed by atoms with E-state index in [1.807, 2.05) is 33.8 Å². The molecule has 26 heavy (non-hydrogen) atoms. The summed E-state index contributed by atoms with van der Waals surface area (Å²) in [6.45, 7) is 7.87. The Hall–Kier alpha value is -2.21. The van der Waals surface area contributed by atoms with E-state index in [9.17, 15) is 4.79 Å². The number of aryl methyl sites for hydroxylation is 1. The fourth-order valence-electron chi connectivity index (χ4n) is 3.72. The van der Waals surface area contributed by atoms with E-state index >= 15 is 0 Å². The minimum absolute atomic E-state index is 0.0161. The van der Waals surface area contributed by atoms with Gasteiger partial charge in [0.05, 0.1) is 10.8 Å². The molecule has 2 aromatic rings. The first-order chi connectivity index (χ1) is 12.0. The van der Waals surface area contributed by atoms with Gasteiger partial charge in [-0.2, -0.15) is 0 Å². The van der Waals surface area contributed by atoms with Crippen molar-refractivity contribution < 1.29 is 9.53 Å². The normalized spacial score (nSPS) is 22.8. The van der Waals surface area contributed by atoms with E-state index in [1.54, 1.807) is 31.4 Å². The van der Waals surface area contributed by atoms with E-state index in [4.69, 9.17) is 10.5 Å². The highest BCUT2D eigenvalue weighted by Crippen LogP contribution is 2.44. The first kappa shape index (κ1) is 18.6. The van der Waals surface area contributed by atoms with Crippen LogP contribution >= 0.6 is 0 Å². The molecule has 1 saturated carbocycles. The zero-order valence-corrected chi connectivity index (χ0v) is 16.5. The van der Waals surface area contributed by atoms with Gasteiger partial charge in [-0.15, -0.1) is 0 Å². The van der Waals surface area contributed by atoms with Crippen molar-refractivity contribution in [3.05, 3.63) is 29.7 Å². The molecule has 1 amide bonds. The largest absolute Gasteiger partial charge is 0.474 e. The van der Waals surface area contributed by atoms with Crippen molar-refractivity contribution in [1.82, 2.24) is 14.9 Å². The Morgan fingerprint density at radius 1 is 1.27 bits per heavy atom. The van der Waals surface area contributed by atoms with E-state index in [2.05, 4.69) is 9.97 Å². The Labute approximate surface area is 154 Å². The van der Waals surface area contributed by atoms with Crippen molar-refractivity contribution in [2.45, 2.75) is 52.2 Å². The summed E-state index contributed by atoms with van der Waals surface area (Å²) < 4.78 is 6.13. The highest BCUT2D eigenvalue weighted by atomic mass is 16.5. The minimum atomic E-state index is -0.509. The monoisotopic (exact) mass is 356 g/mol. The fourth-order valence-corrected chi connectivity index (χ4v) is 3.72. The van der Waals surface area contributed by atoms with Crippen molar-refractivity contribution in [2.75, 3.05) is 14.1 Å². The lowest BCUT2D eigenvalue weighted by molar-refractivity contribution is -0.149. The molecule has 0 atom stereocenters. The van der Waals surface area contributed by atoms with Crippen LogP contribution in [0.5, 0.6) is 5.88 Å². The Kier molecular flexibility index (Phi) is 4.43. The molecule has 0 unspecified atom stereocenters. The molecule has 1 aliphatic carbocycles. The molecule has 0 radical (unpaired) electrons. The van der Waals surface area contributed by atoms with Crippen molar-refractivity contribution >= 4 is 16.7 Å². The summed E-state index contributed by atoms with van der Waals surface area (Å²) in [5.74, 6) is 0.706. The number of amides is 1. The molecule has 2 N–H and O–H groups in total. The highest BCUT2D eigenvalue weighted by Gasteiger charge is 2.48. The molecule has 0 bridgehead atoms. The van der Waals surface area contributed by atoms with Crippen molar-refractivity contribution in [3.63, 3.8) is 0 Å². The molecule has 2 aromatic heterocycles. The first-order valence-electron chi connectivity index (χ1n) is 8.94. The van der Waals surface area contributed by atoms with Gasteiger partial charge in [-0.05, 0) is 50.6 Å². The van der Waals surface area contributed by atoms with Gasteiger partial charge in [0.15, 0.2) is 0 Å². The van der Waals surface area contributed by atoms with E-state index in [-0.39, 0.29) is 17.4 Å². The van der Waals surface area contributed by atoms with Crippen molar-refractivity contribution in [3.8, 4) is 5.88 Å². The van der Waals surface area contributed by atoms with Gasteiger partial charge < -0.3 is 15.4 Å². The molecule has 1 aliphatic rings. The molecule has 6 nitrogen and oxygen atoms in total. The zero-order valence-electron chi connectivity index (χ0n) is 16.5. The van der Waals surface area contributed by atoms with E-state index in [0.29, 0.717) is 18.7 Å². The lowest BCUT2D eigenvalue weighted by Gasteiger charge is -2.44.